The standard InChI is InChI=1S/C18H28N2O2/c1-3-18(2,9-12-21)19-17(22)16-8-6-7-15(13-16)14-20-10-4-5-11-20/h6-8,13,21H,3-5,9-12,14H2,1-2H3,(H,19,22). The monoisotopic (exact) mass is 304 g/mol. The Bertz CT molecular complexity index is 498. The first kappa shape index (κ1) is 17.0. The van der Waals surface area contributed by atoms with E-state index in [2.05, 4.69) is 16.3 Å². The van der Waals surface area contributed by atoms with Crippen LogP contribution in [0.2, 0.25) is 0 Å². The summed E-state index contributed by atoms with van der Waals surface area (Å²) in [5.74, 6) is -0.0546. The van der Waals surface area contributed by atoms with Gasteiger partial charge in [-0.1, -0.05) is 19.1 Å². The van der Waals surface area contributed by atoms with Gasteiger partial charge in [-0.15, -0.1) is 0 Å². The maximum absolute atomic E-state index is 12.5. The summed E-state index contributed by atoms with van der Waals surface area (Å²) in [6, 6.07) is 7.89. The molecule has 1 amide bonds. The van der Waals surface area contributed by atoms with Crippen LogP contribution < -0.4 is 5.32 Å². The van der Waals surface area contributed by atoms with Gasteiger partial charge in [0.1, 0.15) is 0 Å². The molecule has 2 N–H and O–H groups in total. The van der Waals surface area contributed by atoms with Crippen molar-refractivity contribution in [1.82, 2.24) is 10.2 Å². The molecule has 1 fully saturated rings. The highest BCUT2D eigenvalue weighted by molar-refractivity contribution is 5.94. The lowest BCUT2D eigenvalue weighted by molar-refractivity contribution is 0.0886. The fourth-order valence-corrected chi connectivity index (χ4v) is 2.93. The van der Waals surface area contributed by atoms with Crippen molar-refractivity contribution in [3.63, 3.8) is 0 Å². The van der Waals surface area contributed by atoms with E-state index in [-0.39, 0.29) is 18.1 Å². The Morgan fingerprint density at radius 1 is 1.36 bits per heavy atom. The third-order valence-electron chi connectivity index (χ3n) is 4.65. The molecule has 0 saturated carbocycles. The topological polar surface area (TPSA) is 52.6 Å². The highest BCUT2D eigenvalue weighted by Crippen LogP contribution is 2.17. The van der Waals surface area contributed by atoms with Gasteiger partial charge in [0.2, 0.25) is 0 Å². The van der Waals surface area contributed by atoms with E-state index in [0.29, 0.717) is 12.0 Å². The maximum Gasteiger partial charge on any atom is 0.251 e. The van der Waals surface area contributed by atoms with Crippen LogP contribution >= 0.6 is 0 Å². The first-order valence-electron chi connectivity index (χ1n) is 8.31. The number of rotatable bonds is 7. The van der Waals surface area contributed by atoms with E-state index in [9.17, 15) is 4.79 Å². The maximum atomic E-state index is 12.5. The molecule has 1 unspecified atom stereocenters. The Balaban J connectivity index is 2.03. The molecule has 4 nitrogen and oxygen atoms in total. The second kappa shape index (κ2) is 7.75. The van der Waals surface area contributed by atoms with Crippen LogP contribution in [0.15, 0.2) is 24.3 Å². The van der Waals surface area contributed by atoms with Crippen molar-refractivity contribution in [1.29, 1.82) is 0 Å². The third kappa shape index (κ3) is 4.55. The minimum atomic E-state index is -0.350. The summed E-state index contributed by atoms with van der Waals surface area (Å²) >= 11 is 0. The van der Waals surface area contributed by atoms with Crippen LogP contribution in [0.25, 0.3) is 0 Å². The highest BCUT2D eigenvalue weighted by atomic mass is 16.3. The van der Waals surface area contributed by atoms with Gasteiger partial charge in [-0.3, -0.25) is 9.69 Å². The van der Waals surface area contributed by atoms with Gasteiger partial charge in [-0.2, -0.15) is 0 Å². The van der Waals surface area contributed by atoms with Crippen molar-refractivity contribution < 1.29 is 9.90 Å². The summed E-state index contributed by atoms with van der Waals surface area (Å²) in [6.45, 7) is 7.32. The number of hydrogen-bond donors (Lipinski definition) is 2. The van der Waals surface area contributed by atoms with Crippen LogP contribution in [-0.4, -0.2) is 41.1 Å². The lowest BCUT2D eigenvalue weighted by Crippen LogP contribution is -2.46. The molecule has 1 aromatic rings. The molecule has 0 aliphatic carbocycles. The third-order valence-corrected chi connectivity index (χ3v) is 4.65. The van der Waals surface area contributed by atoms with Crippen LogP contribution in [-0.2, 0) is 6.54 Å². The van der Waals surface area contributed by atoms with Gasteiger partial charge < -0.3 is 10.4 Å². The molecule has 1 atom stereocenters. The fourth-order valence-electron chi connectivity index (χ4n) is 2.93. The van der Waals surface area contributed by atoms with Gasteiger partial charge in [-0.05, 0) is 63.4 Å². The van der Waals surface area contributed by atoms with Crippen LogP contribution in [0.5, 0.6) is 0 Å². The average molecular weight is 304 g/mol. The number of aliphatic hydroxyl groups excluding tert-OH is 1. The molecule has 1 aliphatic heterocycles. The number of carbonyl (C=O) groups is 1. The van der Waals surface area contributed by atoms with E-state index in [1.807, 2.05) is 32.0 Å². The van der Waals surface area contributed by atoms with E-state index < -0.39 is 0 Å². The first-order valence-corrected chi connectivity index (χ1v) is 8.31. The van der Waals surface area contributed by atoms with Crippen molar-refractivity contribution in [2.24, 2.45) is 0 Å². The number of amides is 1. The van der Waals surface area contributed by atoms with Gasteiger partial charge in [0, 0.05) is 24.3 Å². The number of benzene rings is 1. The summed E-state index contributed by atoms with van der Waals surface area (Å²) in [5.41, 5.74) is 1.54. The van der Waals surface area contributed by atoms with Gasteiger partial charge in [0.15, 0.2) is 0 Å². The minimum absolute atomic E-state index is 0.0546. The zero-order valence-electron chi connectivity index (χ0n) is 13.8. The lowest BCUT2D eigenvalue weighted by Gasteiger charge is -2.29. The second-order valence-electron chi connectivity index (χ2n) is 6.53. The molecule has 122 valence electrons. The number of nitrogens with zero attached hydrogens (tertiary/aromatic N) is 1. The van der Waals surface area contributed by atoms with Crippen molar-refractivity contribution in [2.75, 3.05) is 19.7 Å². The predicted molar refractivity (Wildman–Crippen MR) is 88.8 cm³/mol. The Labute approximate surface area is 133 Å². The molecule has 1 heterocycles. The number of carbonyl (C=O) groups excluding carboxylic acids is 1. The Morgan fingerprint density at radius 3 is 2.73 bits per heavy atom. The normalized spacial score (nSPS) is 18.1. The molecule has 1 aliphatic rings. The van der Waals surface area contributed by atoms with E-state index in [1.54, 1.807) is 0 Å². The molecule has 0 radical (unpaired) electrons. The Morgan fingerprint density at radius 2 is 2.09 bits per heavy atom. The van der Waals surface area contributed by atoms with Gasteiger partial charge in [0.05, 0.1) is 0 Å². The largest absolute Gasteiger partial charge is 0.396 e. The van der Waals surface area contributed by atoms with Gasteiger partial charge in [0.25, 0.3) is 5.91 Å². The van der Waals surface area contributed by atoms with E-state index >= 15 is 0 Å². The van der Waals surface area contributed by atoms with Crippen LogP contribution in [0.3, 0.4) is 0 Å². The predicted octanol–water partition coefficient (Wildman–Crippen LogP) is 2.56. The fraction of sp³-hybridized carbons (Fsp3) is 0.611. The summed E-state index contributed by atoms with van der Waals surface area (Å²) < 4.78 is 0. The summed E-state index contributed by atoms with van der Waals surface area (Å²) in [5, 5.41) is 12.2. The van der Waals surface area contributed by atoms with Crippen molar-refractivity contribution in [2.45, 2.75) is 51.6 Å². The zero-order chi connectivity index (χ0) is 16.0. The minimum Gasteiger partial charge on any atom is -0.396 e. The van der Waals surface area contributed by atoms with E-state index in [0.717, 1.165) is 26.1 Å². The molecular formula is C18H28N2O2. The van der Waals surface area contributed by atoms with Gasteiger partial charge >= 0.3 is 0 Å². The number of hydrogen-bond acceptors (Lipinski definition) is 3. The van der Waals surface area contributed by atoms with Crippen LogP contribution in [0, 0.1) is 0 Å². The summed E-state index contributed by atoms with van der Waals surface area (Å²) in [7, 11) is 0. The van der Waals surface area contributed by atoms with Crippen molar-refractivity contribution in [3.8, 4) is 0 Å². The first-order chi connectivity index (χ1) is 10.6. The quantitative estimate of drug-likeness (QED) is 0.814. The van der Waals surface area contributed by atoms with Gasteiger partial charge in [-0.25, -0.2) is 0 Å². The molecule has 1 aromatic carbocycles. The van der Waals surface area contributed by atoms with Crippen LogP contribution in [0.1, 0.15) is 55.5 Å². The van der Waals surface area contributed by atoms with E-state index in [4.69, 9.17) is 5.11 Å². The molecule has 22 heavy (non-hydrogen) atoms. The smallest absolute Gasteiger partial charge is 0.251 e. The molecular weight excluding hydrogens is 276 g/mol. The summed E-state index contributed by atoms with van der Waals surface area (Å²) in [6.07, 6.45) is 3.92. The van der Waals surface area contributed by atoms with Crippen molar-refractivity contribution in [3.05, 3.63) is 35.4 Å². The number of nitrogens with one attached hydrogen (secondary N) is 1. The SMILES string of the molecule is CCC(C)(CCO)NC(=O)c1cccc(CN2CCCC2)c1. The zero-order valence-corrected chi connectivity index (χ0v) is 13.8. The average Bonchev–Trinajstić information content (AvgIpc) is 3.00. The summed E-state index contributed by atoms with van der Waals surface area (Å²) in [4.78, 5) is 14.9. The second-order valence-corrected chi connectivity index (χ2v) is 6.53. The number of likely N-dealkylation sites (tertiary alicyclic amines) is 1. The molecule has 2 rings (SSSR count). The Kier molecular flexibility index (Phi) is 5.98. The Hall–Kier alpha value is -1.39. The molecule has 0 aromatic heterocycles. The molecule has 4 heteroatoms. The van der Waals surface area contributed by atoms with E-state index in [1.165, 1.54) is 18.4 Å². The lowest BCUT2D eigenvalue weighted by atomic mass is 9.94. The molecule has 0 bridgehead atoms. The highest BCUT2D eigenvalue weighted by Gasteiger charge is 2.24. The van der Waals surface area contributed by atoms with Crippen LogP contribution in [0.4, 0.5) is 0 Å². The van der Waals surface area contributed by atoms with Crippen molar-refractivity contribution >= 4 is 5.91 Å². The number of aliphatic hydroxyl groups is 1. The molecule has 1 saturated heterocycles. The molecule has 0 spiro atoms.